The Morgan fingerprint density at radius 3 is 2.44 bits per heavy atom. The molecule has 5 rings (SSSR count). The summed E-state index contributed by atoms with van der Waals surface area (Å²) in [5.74, 6) is 2.28. The summed E-state index contributed by atoms with van der Waals surface area (Å²) in [7, 11) is 3.74. The van der Waals surface area contributed by atoms with Crippen molar-refractivity contribution >= 4 is 17.7 Å². The van der Waals surface area contributed by atoms with Gasteiger partial charge in [0.2, 0.25) is 0 Å². The maximum Gasteiger partial charge on any atom is 0.253 e. The molecule has 9 heteroatoms. The molecule has 1 amide bonds. The minimum absolute atomic E-state index is 0.0938. The maximum atomic E-state index is 13.0. The van der Waals surface area contributed by atoms with Gasteiger partial charge in [-0.1, -0.05) is 23.9 Å². The molecule has 0 spiro atoms. The van der Waals surface area contributed by atoms with Crippen LogP contribution in [0.25, 0.3) is 17.1 Å². The number of carbonyl (C=O) groups excluding carboxylic acids is 1. The van der Waals surface area contributed by atoms with Gasteiger partial charge in [-0.3, -0.25) is 14.3 Å². The van der Waals surface area contributed by atoms with Gasteiger partial charge >= 0.3 is 0 Å². The van der Waals surface area contributed by atoms with Gasteiger partial charge in [-0.05, 0) is 61.1 Å². The summed E-state index contributed by atoms with van der Waals surface area (Å²) in [5, 5.41) is 9.77. The lowest BCUT2D eigenvalue weighted by molar-refractivity contribution is 0.0664. The van der Waals surface area contributed by atoms with Crippen LogP contribution in [0.2, 0.25) is 0 Å². The lowest BCUT2D eigenvalue weighted by atomic mass is 10.1. The standard InChI is InChI=1S/C27H28N6O2S/c1-31-14-16-32(17-15-31)26(34)22-5-3-4-20(18-22)19-36-27-30-29-25(21-10-12-28-13-11-21)33(27)23-6-8-24(35-2)9-7-23/h3-13,18H,14-17,19H2,1-2H3. The zero-order valence-corrected chi connectivity index (χ0v) is 21.2. The molecule has 184 valence electrons. The summed E-state index contributed by atoms with van der Waals surface area (Å²) in [6, 6.07) is 19.6. The van der Waals surface area contributed by atoms with Crippen molar-refractivity contribution < 1.29 is 9.53 Å². The lowest BCUT2D eigenvalue weighted by Crippen LogP contribution is -2.47. The Bertz CT molecular complexity index is 1320. The van der Waals surface area contributed by atoms with Crippen LogP contribution in [-0.2, 0) is 5.75 Å². The second-order valence-electron chi connectivity index (χ2n) is 8.66. The third-order valence-corrected chi connectivity index (χ3v) is 7.23. The van der Waals surface area contributed by atoms with Crippen molar-refractivity contribution in [3.8, 4) is 22.8 Å². The largest absolute Gasteiger partial charge is 0.497 e. The fourth-order valence-electron chi connectivity index (χ4n) is 4.15. The van der Waals surface area contributed by atoms with Crippen LogP contribution in [0, 0.1) is 0 Å². The Hall–Kier alpha value is -3.69. The highest BCUT2D eigenvalue weighted by Gasteiger charge is 2.21. The molecule has 4 aromatic rings. The van der Waals surface area contributed by atoms with E-state index in [9.17, 15) is 4.79 Å². The van der Waals surface area contributed by atoms with E-state index in [1.807, 2.05) is 70.1 Å². The van der Waals surface area contributed by atoms with Gasteiger partial charge in [0.1, 0.15) is 5.75 Å². The number of hydrogen-bond donors (Lipinski definition) is 0. The number of piperazine rings is 1. The fraction of sp³-hybridized carbons (Fsp3) is 0.259. The highest BCUT2D eigenvalue weighted by atomic mass is 32.2. The third-order valence-electron chi connectivity index (χ3n) is 6.23. The number of pyridine rings is 1. The quantitative estimate of drug-likeness (QED) is 0.355. The summed E-state index contributed by atoms with van der Waals surface area (Å²) in [6.45, 7) is 3.33. The first kappa shape index (κ1) is 24.0. The molecule has 2 aromatic carbocycles. The number of benzene rings is 2. The van der Waals surface area contributed by atoms with E-state index in [1.165, 1.54) is 0 Å². The third kappa shape index (κ3) is 5.27. The molecule has 1 saturated heterocycles. The highest BCUT2D eigenvalue weighted by Crippen LogP contribution is 2.30. The van der Waals surface area contributed by atoms with Gasteiger partial charge in [-0.15, -0.1) is 10.2 Å². The van der Waals surface area contributed by atoms with E-state index in [0.29, 0.717) is 5.75 Å². The first-order valence-electron chi connectivity index (χ1n) is 11.8. The molecule has 0 N–H and O–H groups in total. The smallest absolute Gasteiger partial charge is 0.253 e. The molecule has 0 saturated carbocycles. The van der Waals surface area contributed by atoms with Crippen molar-refractivity contribution in [2.45, 2.75) is 10.9 Å². The number of hydrogen-bond acceptors (Lipinski definition) is 7. The Morgan fingerprint density at radius 2 is 1.72 bits per heavy atom. The van der Waals surface area contributed by atoms with Crippen molar-refractivity contribution in [3.05, 3.63) is 84.2 Å². The Labute approximate surface area is 214 Å². The average Bonchev–Trinajstić information content (AvgIpc) is 3.36. The van der Waals surface area contributed by atoms with Crippen molar-refractivity contribution in [2.24, 2.45) is 0 Å². The summed E-state index contributed by atoms with van der Waals surface area (Å²) in [5.41, 5.74) is 3.66. The number of aromatic nitrogens is 4. The monoisotopic (exact) mass is 500 g/mol. The molecule has 3 heterocycles. The molecule has 8 nitrogen and oxygen atoms in total. The summed E-state index contributed by atoms with van der Waals surface area (Å²) < 4.78 is 7.37. The van der Waals surface area contributed by atoms with Crippen LogP contribution in [0.4, 0.5) is 0 Å². The highest BCUT2D eigenvalue weighted by molar-refractivity contribution is 7.98. The molecular formula is C27H28N6O2S. The van der Waals surface area contributed by atoms with E-state index in [-0.39, 0.29) is 5.91 Å². The molecule has 0 atom stereocenters. The minimum Gasteiger partial charge on any atom is -0.497 e. The molecule has 2 aromatic heterocycles. The number of amides is 1. The molecule has 0 radical (unpaired) electrons. The molecule has 1 aliphatic heterocycles. The number of likely N-dealkylation sites (N-methyl/N-ethyl adjacent to an activating group) is 1. The SMILES string of the molecule is COc1ccc(-n2c(SCc3cccc(C(=O)N4CCN(C)CC4)c3)nnc2-c2ccncc2)cc1. The minimum atomic E-state index is 0.0938. The van der Waals surface area contributed by atoms with Crippen molar-refractivity contribution in [2.75, 3.05) is 40.3 Å². The Morgan fingerprint density at radius 1 is 0.972 bits per heavy atom. The van der Waals surface area contributed by atoms with Gasteiger partial charge < -0.3 is 14.5 Å². The van der Waals surface area contributed by atoms with Crippen LogP contribution >= 0.6 is 11.8 Å². The second-order valence-corrected chi connectivity index (χ2v) is 9.60. The zero-order valence-electron chi connectivity index (χ0n) is 20.4. The van der Waals surface area contributed by atoms with Gasteiger partial charge in [-0.2, -0.15) is 0 Å². The predicted molar refractivity (Wildman–Crippen MR) is 141 cm³/mol. The van der Waals surface area contributed by atoms with Crippen molar-refractivity contribution in [1.29, 1.82) is 0 Å². The summed E-state index contributed by atoms with van der Waals surface area (Å²) in [4.78, 5) is 21.4. The number of carbonyl (C=O) groups is 1. The first-order valence-corrected chi connectivity index (χ1v) is 12.8. The summed E-state index contributed by atoms with van der Waals surface area (Å²) in [6.07, 6.45) is 3.50. The summed E-state index contributed by atoms with van der Waals surface area (Å²) >= 11 is 1.59. The normalized spacial score (nSPS) is 14.1. The van der Waals surface area contributed by atoms with Crippen LogP contribution in [0.5, 0.6) is 5.75 Å². The number of ether oxygens (including phenoxy) is 1. The van der Waals surface area contributed by atoms with Crippen molar-refractivity contribution in [1.82, 2.24) is 29.5 Å². The molecule has 1 aliphatic rings. The Balaban J connectivity index is 1.39. The first-order chi connectivity index (χ1) is 17.6. The van der Waals surface area contributed by atoms with Crippen LogP contribution in [0.3, 0.4) is 0 Å². The molecule has 0 bridgehead atoms. The van der Waals surface area contributed by atoms with Gasteiger partial charge in [0.15, 0.2) is 11.0 Å². The predicted octanol–water partition coefficient (Wildman–Crippen LogP) is 4.02. The van der Waals surface area contributed by atoms with Crippen LogP contribution < -0.4 is 4.74 Å². The van der Waals surface area contributed by atoms with E-state index < -0.39 is 0 Å². The van der Waals surface area contributed by atoms with Crippen LogP contribution in [-0.4, -0.2) is 75.8 Å². The number of thioether (sulfide) groups is 1. The van der Waals surface area contributed by atoms with E-state index in [0.717, 1.165) is 65.3 Å². The molecule has 36 heavy (non-hydrogen) atoms. The fourth-order valence-corrected chi connectivity index (χ4v) is 5.04. The van der Waals surface area contributed by atoms with Gasteiger partial charge in [-0.25, -0.2) is 0 Å². The van der Waals surface area contributed by atoms with E-state index >= 15 is 0 Å². The van der Waals surface area contributed by atoms with Crippen LogP contribution in [0.1, 0.15) is 15.9 Å². The number of nitrogens with zero attached hydrogens (tertiary/aromatic N) is 6. The topological polar surface area (TPSA) is 76.4 Å². The second kappa shape index (κ2) is 10.9. The lowest BCUT2D eigenvalue weighted by Gasteiger charge is -2.32. The molecular weight excluding hydrogens is 472 g/mol. The Kier molecular flexibility index (Phi) is 7.29. The zero-order chi connectivity index (χ0) is 24.9. The van der Waals surface area contributed by atoms with Gasteiger partial charge in [0.05, 0.1) is 7.11 Å². The van der Waals surface area contributed by atoms with Crippen molar-refractivity contribution in [3.63, 3.8) is 0 Å². The van der Waals surface area contributed by atoms with Gasteiger partial charge in [0.25, 0.3) is 5.91 Å². The van der Waals surface area contributed by atoms with E-state index in [2.05, 4.69) is 27.1 Å². The maximum absolute atomic E-state index is 13.0. The van der Waals surface area contributed by atoms with E-state index in [1.54, 1.807) is 31.3 Å². The van der Waals surface area contributed by atoms with Gasteiger partial charge in [0, 0.05) is 61.1 Å². The number of methoxy groups -OCH3 is 1. The molecule has 1 fully saturated rings. The average molecular weight is 501 g/mol. The number of rotatable bonds is 7. The van der Waals surface area contributed by atoms with E-state index in [4.69, 9.17) is 4.74 Å². The van der Waals surface area contributed by atoms with Crippen LogP contribution in [0.15, 0.2) is 78.2 Å². The molecule has 0 unspecified atom stereocenters. The molecule has 0 aliphatic carbocycles.